The molecule has 1 aliphatic rings. The van der Waals surface area contributed by atoms with Gasteiger partial charge in [0.25, 0.3) is 0 Å². The third kappa shape index (κ3) is 4.62. The number of carbonyl (C=O) groups excluding carboxylic acids is 1. The van der Waals surface area contributed by atoms with Gasteiger partial charge in [0.2, 0.25) is 5.91 Å². The largest absolute Gasteiger partial charge is 0.372 e. The summed E-state index contributed by atoms with van der Waals surface area (Å²) in [4.78, 5) is 13.8. The second kappa shape index (κ2) is 6.80. The van der Waals surface area contributed by atoms with Crippen LogP contribution >= 0.6 is 0 Å². The average molecular weight is 214 g/mol. The Hall–Kier alpha value is -0.610. The zero-order chi connectivity index (χ0) is 11.1. The third-order valence-corrected chi connectivity index (χ3v) is 2.90. The van der Waals surface area contributed by atoms with Crippen LogP contribution in [0.25, 0.3) is 0 Å². The van der Waals surface area contributed by atoms with E-state index < -0.39 is 0 Å². The molecule has 0 saturated carbocycles. The molecule has 15 heavy (non-hydrogen) atoms. The molecule has 4 heteroatoms. The minimum Gasteiger partial charge on any atom is -0.372 e. The number of ether oxygens (including phenoxy) is 1. The maximum atomic E-state index is 11.4. The molecule has 1 heterocycles. The Balaban J connectivity index is 2.07. The summed E-state index contributed by atoms with van der Waals surface area (Å²) in [6.07, 6.45) is 3.60. The number of likely N-dealkylation sites (tertiary alicyclic amines) is 1. The molecular formula is C11H22N2O2. The summed E-state index contributed by atoms with van der Waals surface area (Å²) in [5.41, 5.74) is 0. The normalized spacial score (nSPS) is 19.9. The fraction of sp³-hybridized carbons (Fsp3) is 0.909. The average Bonchev–Trinajstić information content (AvgIpc) is 2.29. The summed E-state index contributed by atoms with van der Waals surface area (Å²) in [6, 6.07) is 0. The first-order valence-electron chi connectivity index (χ1n) is 5.77. The van der Waals surface area contributed by atoms with E-state index in [1.165, 1.54) is 32.4 Å². The van der Waals surface area contributed by atoms with Crippen LogP contribution < -0.4 is 5.32 Å². The van der Waals surface area contributed by atoms with Gasteiger partial charge < -0.3 is 15.0 Å². The summed E-state index contributed by atoms with van der Waals surface area (Å²) in [6.45, 7) is 5.80. The molecule has 1 saturated heterocycles. The second-order valence-corrected chi connectivity index (χ2v) is 4.07. The van der Waals surface area contributed by atoms with E-state index in [9.17, 15) is 4.79 Å². The molecule has 0 radical (unpaired) electrons. The Bertz CT molecular complexity index is 191. The van der Waals surface area contributed by atoms with Crippen molar-refractivity contribution in [3.05, 3.63) is 0 Å². The smallest absolute Gasteiger partial charge is 0.248 e. The van der Waals surface area contributed by atoms with Crippen molar-refractivity contribution in [3.63, 3.8) is 0 Å². The summed E-state index contributed by atoms with van der Waals surface area (Å²) in [5.74, 6) is -0.0190. The predicted molar refractivity (Wildman–Crippen MR) is 59.8 cm³/mol. The fourth-order valence-electron chi connectivity index (χ4n) is 1.77. The molecule has 0 bridgehead atoms. The van der Waals surface area contributed by atoms with E-state index >= 15 is 0 Å². The van der Waals surface area contributed by atoms with E-state index in [1.54, 1.807) is 14.0 Å². The lowest BCUT2D eigenvalue weighted by Gasteiger charge is -2.26. The van der Waals surface area contributed by atoms with Crippen LogP contribution in [0.4, 0.5) is 0 Å². The molecule has 4 nitrogen and oxygen atoms in total. The number of methoxy groups -OCH3 is 1. The number of hydrogen-bond donors (Lipinski definition) is 1. The van der Waals surface area contributed by atoms with Crippen molar-refractivity contribution < 1.29 is 9.53 Å². The number of amides is 1. The van der Waals surface area contributed by atoms with E-state index in [0.29, 0.717) is 0 Å². The van der Waals surface area contributed by atoms with Gasteiger partial charge in [-0.05, 0) is 32.9 Å². The minimum atomic E-state index is -0.341. The van der Waals surface area contributed by atoms with Crippen LogP contribution in [-0.4, -0.2) is 50.2 Å². The van der Waals surface area contributed by atoms with Gasteiger partial charge in [-0.1, -0.05) is 6.42 Å². The number of rotatable bonds is 5. The molecule has 1 rings (SSSR count). The lowest BCUT2D eigenvalue weighted by Crippen LogP contribution is -2.40. The highest BCUT2D eigenvalue weighted by molar-refractivity contribution is 5.80. The Morgan fingerprint density at radius 2 is 2.07 bits per heavy atom. The van der Waals surface area contributed by atoms with Crippen LogP contribution in [0.15, 0.2) is 0 Å². The highest BCUT2D eigenvalue weighted by Gasteiger charge is 2.12. The summed E-state index contributed by atoms with van der Waals surface area (Å²) in [5, 5.41) is 2.88. The molecule has 0 aromatic rings. The van der Waals surface area contributed by atoms with Gasteiger partial charge in [0.1, 0.15) is 6.10 Å². The van der Waals surface area contributed by atoms with E-state index in [2.05, 4.69) is 10.2 Å². The Labute approximate surface area is 92.0 Å². The topological polar surface area (TPSA) is 41.6 Å². The molecule has 1 amide bonds. The maximum absolute atomic E-state index is 11.4. The molecular weight excluding hydrogens is 192 g/mol. The monoisotopic (exact) mass is 214 g/mol. The first-order chi connectivity index (χ1) is 7.24. The fourth-order valence-corrected chi connectivity index (χ4v) is 1.77. The van der Waals surface area contributed by atoms with Gasteiger partial charge in [-0.25, -0.2) is 0 Å². The SMILES string of the molecule is COC(C)C(=O)NCCN1CCCCC1. The van der Waals surface area contributed by atoms with Gasteiger partial charge in [-0.3, -0.25) is 4.79 Å². The van der Waals surface area contributed by atoms with Crippen molar-refractivity contribution in [1.29, 1.82) is 0 Å². The van der Waals surface area contributed by atoms with Crippen LogP contribution in [0, 0.1) is 0 Å². The third-order valence-electron chi connectivity index (χ3n) is 2.90. The Kier molecular flexibility index (Phi) is 5.65. The zero-order valence-electron chi connectivity index (χ0n) is 9.79. The Morgan fingerprint density at radius 1 is 1.40 bits per heavy atom. The lowest BCUT2D eigenvalue weighted by molar-refractivity contribution is -0.130. The number of nitrogens with one attached hydrogen (secondary N) is 1. The van der Waals surface area contributed by atoms with Crippen molar-refractivity contribution in [2.24, 2.45) is 0 Å². The highest BCUT2D eigenvalue weighted by atomic mass is 16.5. The summed E-state index contributed by atoms with van der Waals surface area (Å²) in [7, 11) is 1.55. The first kappa shape index (κ1) is 12.5. The molecule has 1 N–H and O–H groups in total. The first-order valence-corrected chi connectivity index (χ1v) is 5.77. The van der Waals surface area contributed by atoms with Crippen LogP contribution in [0.1, 0.15) is 26.2 Å². The van der Waals surface area contributed by atoms with Crippen molar-refractivity contribution in [1.82, 2.24) is 10.2 Å². The van der Waals surface area contributed by atoms with E-state index in [1.807, 2.05) is 0 Å². The van der Waals surface area contributed by atoms with Gasteiger partial charge >= 0.3 is 0 Å². The maximum Gasteiger partial charge on any atom is 0.248 e. The molecule has 0 aliphatic carbocycles. The molecule has 1 unspecified atom stereocenters. The standard InChI is InChI=1S/C11H22N2O2/c1-10(15-2)11(14)12-6-9-13-7-4-3-5-8-13/h10H,3-9H2,1-2H3,(H,12,14). The highest BCUT2D eigenvalue weighted by Crippen LogP contribution is 2.07. The Morgan fingerprint density at radius 3 is 2.67 bits per heavy atom. The minimum absolute atomic E-state index is 0.0190. The van der Waals surface area contributed by atoms with Crippen molar-refractivity contribution >= 4 is 5.91 Å². The van der Waals surface area contributed by atoms with Gasteiger partial charge in [0.15, 0.2) is 0 Å². The molecule has 0 aromatic carbocycles. The molecule has 1 atom stereocenters. The predicted octanol–water partition coefficient (Wildman–Crippen LogP) is 0.623. The van der Waals surface area contributed by atoms with Gasteiger partial charge in [0, 0.05) is 20.2 Å². The van der Waals surface area contributed by atoms with Gasteiger partial charge in [-0.15, -0.1) is 0 Å². The van der Waals surface area contributed by atoms with Crippen LogP contribution in [0.3, 0.4) is 0 Å². The summed E-state index contributed by atoms with van der Waals surface area (Å²) >= 11 is 0. The molecule has 0 aromatic heterocycles. The molecule has 88 valence electrons. The van der Waals surface area contributed by atoms with Gasteiger partial charge in [-0.2, -0.15) is 0 Å². The summed E-state index contributed by atoms with van der Waals surface area (Å²) < 4.78 is 4.93. The van der Waals surface area contributed by atoms with Crippen LogP contribution in [0.2, 0.25) is 0 Å². The van der Waals surface area contributed by atoms with Crippen molar-refractivity contribution in [2.75, 3.05) is 33.3 Å². The quantitative estimate of drug-likeness (QED) is 0.729. The number of piperidine rings is 1. The molecule has 0 spiro atoms. The second-order valence-electron chi connectivity index (χ2n) is 4.07. The lowest BCUT2D eigenvalue weighted by atomic mass is 10.1. The van der Waals surface area contributed by atoms with Crippen molar-refractivity contribution in [3.8, 4) is 0 Å². The van der Waals surface area contributed by atoms with Crippen LogP contribution in [0.5, 0.6) is 0 Å². The van der Waals surface area contributed by atoms with Crippen molar-refractivity contribution in [2.45, 2.75) is 32.3 Å². The van der Waals surface area contributed by atoms with E-state index in [-0.39, 0.29) is 12.0 Å². The molecule has 1 aliphatic heterocycles. The van der Waals surface area contributed by atoms with Gasteiger partial charge in [0.05, 0.1) is 0 Å². The van der Waals surface area contributed by atoms with E-state index in [0.717, 1.165) is 13.1 Å². The zero-order valence-corrected chi connectivity index (χ0v) is 9.79. The molecule has 1 fully saturated rings. The number of carbonyl (C=O) groups is 1. The number of hydrogen-bond acceptors (Lipinski definition) is 3. The van der Waals surface area contributed by atoms with Crippen LogP contribution in [-0.2, 0) is 9.53 Å². The number of nitrogens with zero attached hydrogens (tertiary/aromatic N) is 1. The van der Waals surface area contributed by atoms with E-state index in [4.69, 9.17) is 4.74 Å².